The molecule has 1 fully saturated rings. The summed E-state index contributed by atoms with van der Waals surface area (Å²) in [5.74, 6) is 0. The van der Waals surface area contributed by atoms with Gasteiger partial charge >= 0.3 is 158 Å². The second-order valence-electron chi connectivity index (χ2n) is 10.5. The van der Waals surface area contributed by atoms with Gasteiger partial charge in [-0.1, -0.05) is 0 Å². The van der Waals surface area contributed by atoms with Crippen molar-refractivity contribution in [3.63, 3.8) is 0 Å². The first-order valence-electron chi connectivity index (χ1n) is 10.6. The monoisotopic (exact) mass is 462 g/mol. The summed E-state index contributed by atoms with van der Waals surface area (Å²) in [7, 11) is 0. The van der Waals surface area contributed by atoms with Gasteiger partial charge in [0.15, 0.2) is 0 Å². The van der Waals surface area contributed by atoms with Crippen LogP contribution in [0.4, 0.5) is 0 Å². The second kappa shape index (κ2) is 7.96. The van der Waals surface area contributed by atoms with E-state index in [9.17, 15) is 0 Å². The van der Waals surface area contributed by atoms with Crippen molar-refractivity contribution in [3.05, 3.63) is 0 Å². The Hall–Kier alpha value is 1.05. The average Bonchev–Trinajstić information content (AvgIpc) is 2.46. The van der Waals surface area contributed by atoms with Gasteiger partial charge in [-0.05, 0) is 0 Å². The molecule has 1 heterocycles. The van der Waals surface area contributed by atoms with E-state index in [1.54, 1.807) is 15.8 Å². The summed E-state index contributed by atoms with van der Waals surface area (Å²) < 4.78 is 8.46. The van der Waals surface area contributed by atoms with Crippen molar-refractivity contribution in [3.8, 4) is 0 Å². The average molecular weight is 460 g/mol. The molecule has 0 atom stereocenters. The SMILES string of the molecule is CC[CH2][Ge]1([CH2]CC)[CH2]CC(CC)(CC)[O][Ge]1([C](C)(C)C)[C](C)(C)C. The molecule has 0 saturated carbocycles. The van der Waals surface area contributed by atoms with Gasteiger partial charge in [0.05, 0.1) is 0 Å². The van der Waals surface area contributed by atoms with E-state index in [2.05, 4.69) is 69.2 Å². The van der Waals surface area contributed by atoms with Crippen LogP contribution in [-0.4, -0.2) is 28.5 Å². The minimum absolute atomic E-state index is 0.191. The standard InChI is InChI=1S/C21H46Ge2O/c1-11-16-22(17-12-2)18-15-21(13-3,14-4)24-23(22,19(5,6)7)20(8,9)10/h11-18H2,1-10H3. The van der Waals surface area contributed by atoms with E-state index in [0.717, 1.165) is 0 Å². The van der Waals surface area contributed by atoms with Crippen LogP contribution in [0.1, 0.15) is 101 Å². The molecule has 24 heavy (non-hydrogen) atoms. The van der Waals surface area contributed by atoms with Crippen molar-refractivity contribution in [2.24, 2.45) is 0 Å². The summed E-state index contributed by atoms with van der Waals surface area (Å²) in [4.78, 5) is 0. The van der Waals surface area contributed by atoms with E-state index in [0.29, 0.717) is 8.49 Å². The van der Waals surface area contributed by atoms with E-state index in [1.807, 2.05) is 0 Å². The van der Waals surface area contributed by atoms with E-state index in [1.165, 1.54) is 32.1 Å². The van der Waals surface area contributed by atoms with Crippen molar-refractivity contribution < 1.29 is 3.76 Å². The molecule has 0 aromatic rings. The van der Waals surface area contributed by atoms with E-state index >= 15 is 0 Å². The Morgan fingerprint density at radius 1 is 0.792 bits per heavy atom. The predicted octanol–water partition coefficient (Wildman–Crippen LogP) is 7.86. The van der Waals surface area contributed by atoms with Crippen LogP contribution < -0.4 is 0 Å². The third kappa shape index (κ3) is 3.70. The van der Waals surface area contributed by atoms with Gasteiger partial charge in [0.25, 0.3) is 0 Å². The molecule has 1 nitrogen and oxygen atoms in total. The van der Waals surface area contributed by atoms with Gasteiger partial charge in [-0.3, -0.25) is 0 Å². The van der Waals surface area contributed by atoms with Crippen LogP contribution in [0, 0.1) is 0 Å². The van der Waals surface area contributed by atoms with E-state index in [-0.39, 0.29) is 5.60 Å². The predicted molar refractivity (Wildman–Crippen MR) is 115 cm³/mol. The Balaban J connectivity index is 3.69. The summed E-state index contributed by atoms with van der Waals surface area (Å²) >= 11 is -4.64. The molecule has 3 heteroatoms. The zero-order chi connectivity index (χ0) is 18.9. The van der Waals surface area contributed by atoms with Crippen LogP contribution in [0.15, 0.2) is 0 Å². The maximum absolute atomic E-state index is 7.68. The summed E-state index contributed by atoms with van der Waals surface area (Å²) in [5, 5.41) is 4.72. The molecule has 0 bridgehead atoms. The summed E-state index contributed by atoms with van der Waals surface area (Å²) in [6.07, 6.45) is 6.54. The Morgan fingerprint density at radius 2 is 1.21 bits per heavy atom. The molecular formula is C21H46Ge2O. The van der Waals surface area contributed by atoms with Gasteiger partial charge in [0.1, 0.15) is 0 Å². The normalized spacial score (nSPS) is 23.2. The Labute approximate surface area is 157 Å². The van der Waals surface area contributed by atoms with Crippen molar-refractivity contribution in [2.75, 3.05) is 0 Å². The molecule has 0 radical (unpaired) electrons. The zero-order valence-corrected chi connectivity index (χ0v) is 22.8. The van der Waals surface area contributed by atoms with E-state index in [4.69, 9.17) is 3.76 Å². The first kappa shape index (κ1) is 23.1. The van der Waals surface area contributed by atoms with Gasteiger partial charge in [-0.15, -0.1) is 0 Å². The summed E-state index contributed by atoms with van der Waals surface area (Å²) in [5.41, 5.74) is 0.191. The van der Waals surface area contributed by atoms with Crippen molar-refractivity contribution in [1.29, 1.82) is 0 Å². The number of rotatable bonds is 6. The topological polar surface area (TPSA) is 9.23 Å². The molecule has 1 rings (SSSR count). The molecule has 0 spiro atoms. The van der Waals surface area contributed by atoms with Crippen LogP contribution in [-0.2, 0) is 3.76 Å². The Morgan fingerprint density at radius 3 is 1.50 bits per heavy atom. The molecule has 0 aromatic heterocycles. The molecule has 0 N–H and O–H groups in total. The quantitative estimate of drug-likeness (QED) is 0.367. The molecule has 0 aromatic carbocycles. The molecular weight excluding hydrogens is 413 g/mol. The van der Waals surface area contributed by atoms with Gasteiger partial charge in [0, 0.05) is 0 Å². The molecule has 1 aliphatic heterocycles. The number of hydrogen-bond donors (Lipinski definition) is 0. The Kier molecular flexibility index (Phi) is 7.66. The molecule has 0 aliphatic carbocycles. The fourth-order valence-corrected chi connectivity index (χ4v) is 89.4. The van der Waals surface area contributed by atoms with Crippen LogP contribution in [0.2, 0.25) is 24.3 Å². The molecule has 1 aliphatic rings. The second-order valence-corrected chi connectivity index (χ2v) is 47.8. The van der Waals surface area contributed by atoms with Crippen LogP contribution in [0.5, 0.6) is 0 Å². The summed E-state index contributed by atoms with van der Waals surface area (Å²) in [6, 6.07) is 0. The van der Waals surface area contributed by atoms with Crippen LogP contribution in [0.25, 0.3) is 0 Å². The van der Waals surface area contributed by atoms with Crippen molar-refractivity contribution in [2.45, 2.75) is 131 Å². The van der Waals surface area contributed by atoms with Gasteiger partial charge in [0.2, 0.25) is 0 Å². The van der Waals surface area contributed by atoms with Gasteiger partial charge in [-0.2, -0.15) is 0 Å². The first-order chi connectivity index (χ1) is 10.9. The third-order valence-corrected chi connectivity index (χ3v) is 71.2. The van der Waals surface area contributed by atoms with Crippen molar-refractivity contribution >= 4 is 22.9 Å². The molecule has 1 saturated heterocycles. The Bertz CT molecular complexity index is 379. The third-order valence-electron chi connectivity index (χ3n) is 7.03. The first-order valence-corrected chi connectivity index (χ1v) is 24.5. The maximum atomic E-state index is 7.68. The minimum atomic E-state index is -2.59. The van der Waals surface area contributed by atoms with E-state index < -0.39 is 22.9 Å². The van der Waals surface area contributed by atoms with Crippen LogP contribution >= 0.6 is 0 Å². The summed E-state index contributed by atoms with van der Waals surface area (Å²) in [6.45, 7) is 25.0. The zero-order valence-electron chi connectivity index (χ0n) is 18.6. The molecule has 0 amide bonds. The van der Waals surface area contributed by atoms with Crippen LogP contribution in [0.3, 0.4) is 0 Å². The number of hydrogen-bond acceptors (Lipinski definition) is 1. The fourth-order valence-electron chi connectivity index (χ4n) is 6.58. The fraction of sp³-hybridized carbons (Fsp3) is 1.00. The van der Waals surface area contributed by atoms with Crippen molar-refractivity contribution in [1.82, 2.24) is 0 Å². The molecule has 144 valence electrons. The molecule has 0 unspecified atom stereocenters. The van der Waals surface area contributed by atoms with Gasteiger partial charge < -0.3 is 0 Å². The van der Waals surface area contributed by atoms with Gasteiger partial charge in [-0.25, -0.2) is 0 Å².